The summed E-state index contributed by atoms with van der Waals surface area (Å²) in [7, 11) is 1.60. The number of hydrogen-bond acceptors (Lipinski definition) is 5. The number of carbonyl (C=O) groups is 1. The molecule has 1 N–H and O–H groups in total. The zero-order valence-corrected chi connectivity index (χ0v) is 12.4. The van der Waals surface area contributed by atoms with Crippen LogP contribution in [-0.4, -0.2) is 31.4 Å². The van der Waals surface area contributed by atoms with E-state index in [1.165, 1.54) is 22.9 Å². The van der Waals surface area contributed by atoms with Crippen molar-refractivity contribution in [3.8, 4) is 0 Å². The SMILES string of the molecule is C[C@@H](Sc1nnnn1C)C(=O)Nc1ccccc1C(F)(F)F. The highest BCUT2D eigenvalue weighted by Crippen LogP contribution is 2.34. The Balaban J connectivity index is 2.11. The van der Waals surface area contributed by atoms with Gasteiger partial charge in [0.2, 0.25) is 11.1 Å². The van der Waals surface area contributed by atoms with E-state index in [4.69, 9.17) is 0 Å². The summed E-state index contributed by atoms with van der Waals surface area (Å²) in [6.45, 7) is 1.56. The number of nitrogens with zero attached hydrogens (tertiary/aromatic N) is 4. The first-order valence-corrected chi connectivity index (χ1v) is 7.03. The van der Waals surface area contributed by atoms with Gasteiger partial charge in [0.15, 0.2) is 0 Å². The first-order valence-electron chi connectivity index (χ1n) is 6.15. The quantitative estimate of drug-likeness (QED) is 0.871. The minimum absolute atomic E-state index is 0.274. The number of thioether (sulfide) groups is 1. The largest absolute Gasteiger partial charge is 0.418 e. The van der Waals surface area contributed by atoms with Crippen LogP contribution in [0.2, 0.25) is 0 Å². The number of anilines is 1. The van der Waals surface area contributed by atoms with Gasteiger partial charge in [-0.25, -0.2) is 4.68 Å². The van der Waals surface area contributed by atoms with Gasteiger partial charge in [0.1, 0.15) is 0 Å². The summed E-state index contributed by atoms with van der Waals surface area (Å²) in [5, 5.41) is 12.8. The van der Waals surface area contributed by atoms with Crippen molar-refractivity contribution in [3.63, 3.8) is 0 Å². The van der Waals surface area contributed by atoms with Crippen molar-refractivity contribution in [1.29, 1.82) is 0 Å². The lowest BCUT2D eigenvalue weighted by Crippen LogP contribution is -2.24. The van der Waals surface area contributed by atoms with E-state index in [2.05, 4.69) is 20.8 Å². The molecule has 1 atom stereocenters. The molecular weight excluding hydrogens is 319 g/mol. The first kappa shape index (κ1) is 16.3. The predicted molar refractivity (Wildman–Crippen MR) is 74.2 cm³/mol. The summed E-state index contributed by atoms with van der Waals surface area (Å²) in [5.41, 5.74) is -1.16. The molecule has 0 aliphatic carbocycles. The Morgan fingerprint density at radius 3 is 2.64 bits per heavy atom. The van der Waals surface area contributed by atoms with E-state index in [0.717, 1.165) is 17.8 Å². The molecule has 2 rings (SSSR count). The van der Waals surface area contributed by atoms with Crippen LogP contribution in [0.15, 0.2) is 29.4 Å². The number of halogens is 3. The van der Waals surface area contributed by atoms with Gasteiger partial charge in [0, 0.05) is 7.05 Å². The number of carbonyl (C=O) groups excluding carboxylic acids is 1. The average molecular weight is 331 g/mol. The molecule has 0 saturated carbocycles. The molecule has 0 radical (unpaired) electrons. The molecule has 6 nitrogen and oxygen atoms in total. The number of rotatable bonds is 4. The molecular formula is C12H12F3N5OS. The fourth-order valence-corrected chi connectivity index (χ4v) is 2.36. The third kappa shape index (κ3) is 3.75. The van der Waals surface area contributed by atoms with Crippen molar-refractivity contribution in [1.82, 2.24) is 20.2 Å². The van der Waals surface area contributed by atoms with Gasteiger partial charge in [-0.1, -0.05) is 23.9 Å². The van der Waals surface area contributed by atoms with Crippen molar-refractivity contribution >= 4 is 23.4 Å². The lowest BCUT2D eigenvalue weighted by molar-refractivity contribution is -0.137. The Bertz CT molecular complexity index is 673. The van der Waals surface area contributed by atoms with Crippen LogP contribution in [0.4, 0.5) is 18.9 Å². The normalized spacial score (nSPS) is 13.0. The highest BCUT2D eigenvalue weighted by molar-refractivity contribution is 8.00. The third-order valence-corrected chi connectivity index (χ3v) is 3.85. The van der Waals surface area contributed by atoms with Gasteiger partial charge in [-0.05, 0) is 29.5 Å². The third-order valence-electron chi connectivity index (χ3n) is 2.72. The molecule has 0 saturated heterocycles. The zero-order chi connectivity index (χ0) is 16.3. The standard InChI is InChI=1S/C12H12F3N5OS/c1-7(22-11-17-18-19-20(11)2)10(21)16-9-6-4-3-5-8(9)12(13,14)15/h3-7H,1-2H3,(H,16,21)/t7-/m1/s1. The molecule has 1 heterocycles. The minimum atomic E-state index is -4.53. The Kier molecular flexibility index (Phi) is 4.69. The van der Waals surface area contributed by atoms with Gasteiger partial charge in [0.05, 0.1) is 16.5 Å². The summed E-state index contributed by atoms with van der Waals surface area (Å²) in [5.74, 6) is -0.565. The van der Waals surface area contributed by atoms with Crippen molar-refractivity contribution in [2.45, 2.75) is 23.5 Å². The molecule has 0 unspecified atom stereocenters. The number of tetrazole rings is 1. The van der Waals surface area contributed by atoms with E-state index in [1.807, 2.05) is 0 Å². The predicted octanol–water partition coefficient (Wildman–Crippen LogP) is 2.35. The highest BCUT2D eigenvalue weighted by atomic mass is 32.2. The van der Waals surface area contributed by atoms with Crippen LogP contribution in [0.3, 0.4) is 0 Å². The summed E-state index contributed by atoms with van der Waals surface area (Å²) < 4.78 is 40.0. The minimum Gasteiger partial charge on any atom is -0.325 e. The molecule has 1 aromatic heterocycles. The van der Waals surface area contributed by atoms with Gasteiger partial charge in [-0.15, -0.1) is 5.10 Å². The lowest BCUT2D eigenvalue weighted by atomic mass is 10.1. The molecule has 0 bridgehead atoms. The second-order valence-corrected chi connectivity index (χ2v) is 5.69. The number of aromatic nitrogens is 4. The Hall–Kier alpha value is -2.10. The summed E-state index contributed by atoms with van der Waals surface area (Å²) in [4.78, 5) is 12.1. The van der Waals surface area contributed by atoms with Crippen LogP contribution in [0.1, 0.15) is 12.5 Å². The van der Waals surface area contributed by atoms with Crippen LogP contribution in [0, 0.1) is 0 Å². The monoisotopic (exact) mass is 331 g/mol. The van der Waals surface area contributed by atoms with Gasteiger partial charge in [-0.2, -0.15) is 13.2 Å². The average Bonchev–Trinajstić information content (AvgIpc) is 2.83. The van der Waals surface area contributed by atoms with Crippen LogP contribution < -0.4 is 5.32 Å². The van der Waals surface area contributed by atoms with Crippen LogP contribution in [0.5, 0.6) is 0 Å². The maximum Gasteiger partial charge on any atom is 0.418 e. The Labute approximate surface area is 128 Å². The van der Waals surface area contributed by atoms with Crippen molar-refractivity contribution < 1.29 is 18.0 Å². The van der Waals surface area contributed by atoms with Gasteiger partial charge < -0.3 is 5.32 Å². The maximum atomic E-state index is 12.9. The van der Waals surface area contributed by atoms with E-state index in [9.17, 15) is 18.0 Å². The smallest absolute Gasteiger partial charge is 0.325 e. The summed E-state index contributed by atoms with van der Waals surface area (Å²) >= 11 is 1.05. The molecule has 1 amide bonds. The van der Waals surface area contributed by atoms with Gasteiger partial charge in [0.25, 0.3) is 0 Å². The van der Waals surface area contributed by atoms with Crippen LogP contribution in [0.25, 0.3) is 0 Å². The molecule has 0 aliphatic rings. The molecule has 10 heteroatoms. The fraction of sp³-hybridized carbons (Fsp3) is 0.333. The summed E-state index contributed by atoms with van der Waals surface area (Å²) in [6.07, 6.45) is -4.53. The second kappa shape index (κ2) is 6.34. The number of benzene rings is 1. The first-order chi connectivity index (χ1) is 10.3. The van der Waals surface area contributed by atoms with E-state index < -0.39 is 22.9 Å². The fourth-order valence-electron chi connectivity index (χ4n) is 1.61. The number of nitrogens with one attached hydrogen (secondary N) is 1. The van der Waals surface area contributed by atoms with Crippen molar-refractivity contribution in [3.05, 3.63) is 29.8 Å². The van der Waals surface area contributed by atoms with Gasteiger partial charge in [-0.3, -0.25) is 4.79 Å². The number of aryl methyl sites for hydroxylation is 1. The molecule has 0 spiro atoms. The molecule has 2 aromatic rings. The number of alkyl halides is 3. The zero-order valence-electron chi connectivity index (χ0n) is 11.6. The number of amides is 1. The highest BCUT2D eigenvalue weighted by Gasteiger charge is 2.34. The van der Waals surface area contributed by atoms with Gasteiger partial charge >= 0.3 is 6.18 Å². The van der Waals surface area contributed by atoms with Crippen molar-refractivity contribution in [2.24, 2.45) is 7.05 Å². The second-order valence-electron chi connectivity index (χ2n) is 4.38. The van der Waals surface area contributed by atoms with E-state index in [1.54, 1.807) is 14.0 Å². The maximum absolute atomic E-state index is 12.9. The van der Waals surface area contributed by atoms with Crippen molar-refractivity contribution in [2.75, 3.05) is 5.32 Å². The van der Waals surface area contributed by atoms with E-state index in [0.29, 0.717) is 5.16 Å². The van der Waals surface area contributed by atoms with Crippen LogP contribution in [-0.2, 0) is 18.0 Å². The number of para-hydroxylation sites is 1. The van der Waals surface area contributed by atoms with E-state index >= 15 is 0 Å². The molecule has 0 aliphatic heterocycles. The lowest BCUT2D eigenvalue weighted by Gasteiger charge is -2.15. The molecule has 0 fully saturated rings. The number of hydrogen-bond donors (Lipinski definition) is 1. The molecule has 1 aromatic carbocycles. The molecule has 118 valence electrons. The molecule has 22 heavy (non-hydrogen) atoms. The van der Waals surface area contributed by atoms with E-state index in [-0.39, 0.29) is 5.69 Å². The Morgan fingerprint density at radius 1 is 1.36 bits per heavy atom. The van der Waals surface area contributed by atoms with Crippen LogP contribution >= 0.6 is 11.8 Å². The summed E-state index contributed by atoms with van der Waals surface area (Å²) in [6, 6.07) is 4.82. The topological polar surface area (TPSA) is 72.7 Å². The Morgan fingerprint density at radius 2 is 2.05 bits per heavy atom.